The van der Waals surface area contributed by atoms with Crippen LogP contribution in [0, 0.1) is 0 Å². The van der Waals surface area contributed by atoms with E-state index in [4.69, 9.17) is 28.4 Å². The molecule has 0 aliphatic rings. The number of hydrogen-bond donors (Lipinski definition) is 0. The molecule has 0 saturated heterocycles. The van der Waals surface area contributed by atoms with E-state index in [0.717, 1.165) is 0 Å². The first-order valence-corrected chi connectivity index (χ1v) is 13.5. The second kappa shape index (κ2) is 11.7. The van der Waals surface area contributed by atoms with E-state index in [1.54, 1.807) is 48.5 Å². The van der Waals surface area contributed by atoms with Gasteiger partial charge in [-0.2, -0.15) is 0 Å². The average Bonchev–Trinajstić information content (AvgIpc) is 2.98. The van der Waals surface area contributed by atoms with Gasteiger partial charge in [0.15, 0.2) is 23.0 Å². The fourth-order valence-electron chi connectivity index (χ4n) is 4.58. The van der Waals surface area contributed by atoms with E-state index < -0.39 is 22.3 Å². The Balaban J connectivity index is 2.31. The molecular formula is C29H29NO9S. The van der Waals surface area contributed by atoms with E-state index in [1.165, 1.54) is 53.5 Å². The van der Waals surface area contributed by atoms with Gasteiger partial charge in [0.2, 0.25) is 5.75 Å². The van der Waals surface area contributed by atoms with Gasteiger partial charge in [0.1, 0.15) is 5.69 Å². The van der Waals surface area contributed by atoms with Gasteiger partial charge in [0.05, 0.1) is 53.7 Å². The highest BCUT2D eigenvalue weighted by atomic mass is 32.2. The van der Waals surface area contributed by atoms with Crippen LogP contribution in [0.5, 0.6) is 28.7 Å². The van der Waals surface area contributed by atoms with Crippen molar-refractivity contribution >= 4 is 27.5 Å². The average molecular weight is 568 g/mol. The molecule has 1 aromatic heterocycles. The van der Waals surface area contributed by atoms with Crippen LogP contribution in [0.2, 0.25) is 0 Å². The van der Waals surface area contributed by atoms with Gasteiger partial charge in [-0.25, -0.2) is 4.79 Å². The summed E-state index contributed by atoms with van der Waals surface area (Å²) < 4.78 is 46.4. The van der Waals surface area contributed by atoms with Gasteiger partial charge in [-0.05, 0) is 48.0 Å². The van der Waals surface area contributed by atoms with E-state index in [-0.39, 0.29) is 11.1 Å². The second-order valence-corrected chi connectivity index (χ2v) is 9.85. The summed E-state index contributed by atoms with van der Waals surface area (Å²) in [4.78, 5) is 28.2. The Morgan fingerprint density at radius 1 is 0.750 bits per heavy atom. The van der Waals surface area contributed by atoms with Gasteiger partial charge in [0.25, 0.3) is 5.56 Å². The molecule has 0 spiro atoms. The zero-order valence-electron chi connectivity index (χ0n) is 23.1. The van der Waals surface area contributed by atoms with Gasteiger partial charge >= 0.3 is 5.97 Å². The normalized spacial score (nSPS) is 11.6. The van der Waals surface area contributed by atoms with E-state index >= 15 is 0 Å². The minimum absolute atomic E-state index is 0.0690. The maximum Gasteiger partial charge on any atom is 0.355 e. The molecule has 10 nitrogen and oxygen atoms in total. The summed E-state index contributed by atoms with van der Waals surface area (Å²) in [5.74, 6) is 0.914. The molecular weight excluding hydrogens is 538 g/mol. The van der Waals surface area contributed by atoms with Gasteiger partial charge < -0.3 is 28.4 Å². The topological polar surface area (TPSA) is 112 Å². The molecule has 1 atom stereocenters. The smallest absolute Gasteiger partial charge is 0.355 e. The highest BCUT2D eigenvalue weighted by molar-refractivity contribution is 7.84. The van der Waals surface area contributed by atoms with Gasteiger partial charge in [0, 0.05) is 32.9 Å². The molecule has 4 rings (SSSR count). The summed E-state index contributed by atoms with van der Waals surface area (Å²) in [5, 5.41) is 0.626. The lowest BCUT2D eigenvalue weighted by Gasteiger charge is -2.21. The van der Waals surface area contributed by atoms with Crippen LogP contribution in [-0.4, -0.2) is 63.7 Å². The van der Waals surface area contributed by atoms with E-state index in [9.17, 15) is 13.8 Å². The molecule has 0 radical (unpaired) electrons. The van der Waals surface area contributed by atoms with Crippen LogP contribution in [-0.2, 0) is 15.5 Å². The molecule has 11 heteroatoms. The number of carbonyl (C=O) groups excluding carboxylic acids is 1. The molecule has 0 saturated carbocycles. The highest BCUT2D eigenvalue weighted by Gasteiger charge is 2.28. The van der Waals surface area contributed by atoms with Crippen molar-refractivity contribution in [2.45, 2.75) is 4.90 Å². The summed E-state index contributed by atoms with van der Waals surface area (Å²) >= 11 is 0. The molecule has 0 amide bonds. The number of pyridine rings is 1. The molecule has 210 valence electrons. The lowest BCUT2D eigenvalue weighted by Crippen LogP contribution is -2.27. The lowest BCUT2D eigenvalue weighted by atomic mass is 9.95. The van der Waals surface area contributed by atoms with Crippen molar-refractivity contribution in [3.05, 3.63) is 64.6 Å². The quantitative estimate of drug-likeness (QED) is 0.274. The number of rotatable bonds is 9. The van der Waals surface area contributed by atoms with E-state index in [2.05, 4.69) is 0 Å². The largest absolute Gasteiger partial charge is 0.493 e. The molecule has 0 fully saturated rings. The maximum atomic E-state index is 14.2. The first-order valence-electron chi connectivity index (χ1n) is 11.9. The molecule has 1 unspecified atom stereocenters. The van der Waals surface area contributed by atoms with Crippen molar-refractivity contribution in [3.8, 4) is 45.6 Å². The van der Waals surface area contributed by atoms with Crippen molar-refractivity contribution in [1.29, 1.82) is 0 Å². The second-order valence-electron chi connectivity index (χ2n) is 8.47. The van der Waals surface area contributed by atoms with Gasteiger partial charge in [-0.3, -0.25) is 13.6 Å². The molecule has 0 bridgehead atoms. The summed E-state index contributed by atoms with van der Waals surface area (Å²) in [6.45, 7) is 0. The van der Waals surface area contributed by atoms with E-state index in [0.29, 0.717) is 55.8 Å². The lowest BCUT2D eigenvalue weighted by molar-refractivity contribution is 0.0591. The third-order valence-electron chi connectivity index (χ3n) is 6.43. The number of hydrogen-bond acceptors (Lipinski definition) is 9. The van der Waals surface area contributed by atoms with Crippen LogP contribution in [0.1, 0.15) is 10.5 Å². The summed E-state index contributed by atoms with van der Waals surface area (Å²) in [6, 6.07) is 13.1. The number of fused-ring (bicyclic) bond motifs is 1. The molecule has 4 aromatic rings. The monoisotopic (exact) mass is 567 g/mol. The van der Waals surface area contributed by atoms with Crippen LogP contribution in [0.3, 0.4) is 0 Å². The molecule has 0 aliphatic carbocycles. The molecule has 1 heterocycles. The zero-order valence-corrected chi connectivity index (χ0v) is 24.0. The van der Waals surface area contributed by atoms with Crippen molar-refractivity contribution in [2.75, 3.05) is 48.9 Å². The Bertz CT molecular complexity index is 1670. The number of methoxy groups -OCH3 is 6. The predicted octanol–water partition coefficient (Wildman–Crippen LogP) is 4.22. The van der Waals surface area contributed by atoms with Crippen molar-refractivity contribution in [2.24, 2.45) is 0 Å². The Morgan fingerprint density at radius 3 is 1.82 bits per heavy atom. The number of ether oxygens (including phenoxy) is 6. The highest BCUT2D eigenvalue weighted by Crippen LogP contribution is 2.45. The minimum Gasteiger partial charge on any atom is -0.493 e. The van der Waals surface area contributed by atoms with Gasteiger partial charge in [-0.1, -0.05) is 6.07 Å². The Labute approximate surface area is 233 Å². The number of carbonyl (C=O) groups is 1. The number of aromatic nitrogens is 1. The van der Waals surface area contributed by atoms with Crippen molar-refractivity contribution in [3.63, 3.8) is 0 Å². The fourth-order valence-corrected chi connectivity index (χ4v) is 5.14. The van der Waals surface area contributed by atoms with Crippen LogP contribution in [0.4, 0.5) is 0 Å². The predicted molar refractivity (Wildman–Crippen MR) is 151 cm³/mol. The Kier molecular flexibility index (Phi) is 8.34. The molecule has 3 aromatic carbocycles. The van der Waals surface area contributed by atoms with Crippen molar-refractivity contribution < 1.29 is 37.4 Å². The van der Waals surface area contributed by atoms with Crippen LogP contribution in [0.25, 0.3) is 27.6 Å². The van der Waals surface area contributed by atoms with Crippen LogP contribution in [0.15, 0.2) is 58.2 Å². The summed E-state index contributed by atoms with van der Waals surface area (Å²) in [6.07, 6.45) is 1.53. The van der Waals surface area contributed by atoms with Crippen LogP contribution < -0.4 is 29.2 Å². The summed E-state index contributed by atoms with van der Waals surface area (Å²) in [5.41, 5.74) is 0.538. The maximum absolute atomic E-state index is 14.2. The number of esters is 1. The number of nitrogens with zero attached hydrogens (tertiary/aromatic N) is 1. The number of benzene rings is 3. The zero-order chi connectivity index (χ0) is 29.1. The third-order valence-corrected chi connectivity index (χ3v) is 7.34. The molecule has 0 N–H and O–H groups in total. The Hall–Kier alpha value is -4.51. The SMILES string of the molecule is COC(=O)c1c(-c2cc(OC)c(OC)c(OC)c2)c2cc(OC)c(OC)cc2c(=O)n1-c1cccc(S(C)=O)c1. The standard InChI is InChI=1S/C29H29NO9S/c1-34-21-14-19-20(15-22(21)35-2)28(31)30(17-9-8-10-18(13-17)40(7)33)26(29(32)39-6)25(19)16-11-23(36-3)27(38-5)24(12-16)37-4/h8-15H,1-7H3. The molecule has 0 aliphatic heterocycles. The van der Waals surface area contributed by atoms with E-state index in [1.807, 2.05) is 0 Å². The van der Waals surface area contributed by atoms with Crippen LogP contribution >= 0.6 is 0 Å². The first kappa shape index (κ1) is 28.5. The Morgan fingerprint density at radius 2 is 1.32 bits per heavy atom. The molecule has 40 heavy (non-hydrogen) atoms. The first-order chi connectivity index (χ1) is 19.2. The van der Waals surface area contributed by atoms with Gasteiger partial charge in [-0.15, -0.1) is 0 Å². The fraction of sp³-hybridized carbons (Fsp3) is 0.241. The summed E-state index contributed by atoms with van der Waals surface area (Å²) in [7, 11) is 7.26. The minimum atomic E-state index is -1.34. The van der Waals surface area contributed by atoms with Crippen molar-refractivity contribution in [1.82, 2.24) is 4.57 Å². The third kappa shape index (κ3) is 4.84.